The summed E-state index contributed by atoms with van der Waals surface area (Å²) in [5.74, 6) is 1.33. The Bertz CT molecular complexity index is 537. The van der Waals surface area contributed by atoms with Crippen molar-refractivity contribution in [3.63, 3.8) is 0 Å². The molecule has 0 spiro atoms. The van der Waals surface area contributed by atoms with Crippen molar-refractivity contribution < 1.29 is 4.74 Å². The van der Waals surface area contributed by atoms with Crippen LogP contribution in [0.4, 0.5) is 5.95 Å². The minimum atomic E-state index is 0.303. The standard InChI is InChI=1S/C13H16BrN3O/c1-9(2)17-7-11(16-13(17)15)8-18-12-5-3-4-10(14)6-12/h3-7,9H,8H2,1-2H3,(H2,15,16). The highest BCUT2D eigenvalue weighted by molar-refractivity contribution is 9.10. The number of nitrogens with zero attached hydrogens (tertiary/aromatic N) is 2. The first-order valence-corrected chi connectivity index (χ1v) is 6.57. The van der Waals surface area contributed by atoms with E-state index in [1.54, 1.807) is 0 Å². The van der Waals surface area contributed by atoms with Gasteiger partial charge >= 0.3 is 0 Å². The van der Waals surface area contributed by atoms with Crippen LogP contribution in [-0.4, -0.2) is 9.55 Å². The molecular formula is C13H16BrN3O. The molecule has 0 fully saturated rings. The summed E-state index contributed by atoms with van der Waals surface area (Å²) in [5, 5.41) is 0. The lowest BCUT2D eigenvalue weighted by molar-refractivity contribution is 0.301. The normalized spacial score (nSPS) is 10.9. The molecule has 18 heavy (non-hydrogen) atoms. The number of aromatic nitrogens is 2. The van der Waals surface area contributed by atoms with E-state index in [9.17, 15) is 0 Å². The zero-order valence-electron chi connectivity index (χ0n) is 10.4. The molecule has 0 aliphatic heterocycles. The molecule has 4 nitrogen and oxygen atoms in total. The van der Waals surface area contributed by atoms with Crippen molar-refractivity contribution in [3.05, 3.63) is 40.6 Å². The number of anilines is 1. The summed E-state index contributed by atoms with van der Waals surface area (Å²) in [6.45, 7) is 4.55. The third kappa shape index (κ3) is 3.04. The number of nitrogens with two attached hydrogens (primary N) is 1. The average Bonchev–Trinajstić information content (AvgIpc) is 2.68. The Morgan fingerprint density at radius 2 is 2.22 bits per heavy atom. The van der Waals surface area contributed by atoms with Crippen LogP contribution in [0.2, 0.25) is 0 Å². The number of imidazole rings is 1. The summed E-state index contributed by atoms with van der Waals surface area (Å²) < 4.78 is 8.58. The van der Waals surface area contributed by atoms with Crippen LogP contribution in [0.5, 0.6) is 5.75 Å². The highest BCUT2D eigenvalue weighted by Gasteiger charge is 2.08. The van der Waals surface area contributed by atoms with Gasteiger partial charge in [0.1, 0.15) is 12.4 Å². The van der Waals surface area contributed by atoms with E-state index in [-0.39, 0.29) is 0 Å². The molecule has 96 valence electrons. The molecule has 1 heterocycles. The smallest absolute Gasteiger partial charge is 0.200 e. The van der Waals surface area contributed by atoms with Gasteiger partial charge in [0.2, 0.25) is 5.95 Å². The van der Waals surface area contributed by atoms with Crippen molar-refractivity contribution in [1.29, 1.82) is 0 Å². The Kier molecular flexibility index (Phi) is 3.91. The fourth-order valence-electron chi connectivity index (χ4n) is 1.66. The first-order chi connectivity index (χ1) is 8.56. The topological polar surface area (TPSA) is 53.1 Å². The van der Waals surface area contributed by atoms with Gasteiger partial charge in [-0.25, -0.2) is 4.98 Å². The molecule has 0 bridgehead atoms. The largest absolute Gasteiger partial charge is 0.487 e. The summed E-state index contributed by atoms with van der Waals surface area (Å²) in [7, 11) is 0. The molecule has 2 N–H and O–H groups in total. The van der Waals surface area contributed by atoms with Crippen LogP contribution in [0, 0.1) is 0 Å². The lowest BCUT2D eigenvalue weighted by Crippen LogP contribution is -2.03. The van der Waals surface area contributed by atoms with Gasteiger partial charge in [0.05, 0.1) is 5.69 Å². The Morgan fingerprint density at radius 3 is 2.83 bits per heavy atom. The van der Waals surface area contributed by atoms with Crippen LogP contribution in [-0.2, 0) is 6.61 Å². The molecule has 2 rings (SSSR count). The number of benzene rings is 1. The SMILES string of the molecule is CC(C)n1cc(COc2cccc(Br)c2)nc1N. The lowest BCUT2D eigenvalue weighted by atomic mass is 10.3. The number of hydrogen-bond donors (Lipinski definition) is 1. The van der Waals surface area contributed by atoms with Crippen LogP contribution < -0.4 is 10.5 Å². The molecular weight excluding hydrogens is 294 g/mol. The second-order valence-corrected chi connectivity index (χ2v) is 5.25. The van der Waals surface area contributed by atoms with Crippen molar-refractivity contribution in [2.75, 3.05) is 5.73 Å². The molecule has 0 saturated heterocycles. The van der Waals surface area contributed by atoms with E-state index >= 15 is 0 Å². The highest BCUT2D eigenvalue weighted by atomic mass is 79.9. The molecule has 0 radical (unpaired) electrons. The lowest BCUT2D eigenvalue weighted by Gasteiger charge is -2.07. The van der Waals surface area contributed by atoms with Crippen molar-refractivity contribution in [2.24, 2.45) is 0 Å². The predicted molar refractivity (Wildman–Crippen MR) is 75.5 cm³/mol. The monoisotopic (exact) mass is 309 g/mol. The minimum Gasteiger partial charge on any atom is -0.487 e. The van der Waals surface area contributed by atoms with Gasteiger partial charge in [0.15, 0.2) is 0 Å². The quantitative estimate of drug-likeness (QED) is 0.942. The summed E-state index contributed by atoms with van der Waals surface area (Å²) >= 11 is 3.40. The van der Waals surface area contributed by atoms with Crippen LogP contribution >= 0.6 is 15.9 Å². The van der Waals surface area contributed by atoms with E-state index in [4.69, 9.17) is 10.5 Å². The minimum absolute atomic E-state index is 0.303. The predicted octanol–water partition coefficient (Wildman–Crippen LogP) is 3.39. The van der Waals surface area contributed by atoms with Crippen molar-refractivity contribution >= 4 is 21.9 Å². The summed E-state index contributed by atoms with van der Waals surface area (Å²) in [6, 6.07) is 8.02. The van der Waals surface area contributed by atoms with E-state index in [0.717, 1.165) is 15.9 Å². The van der Waals surface area contributed by atoms with Crippen LogP contribution in [0.3, 0.4) is 0 Å². The van der Waals surface area contributed by atoms with Gasteiger partial charge in [-0.2, -0.15) is 0 Å². The molecule has 0 saturated carbocycles. The Balaban J connectivity index is 2.04. The zero-order valence-corrected chi connectivity index (χ0v) is 12.0. The Hall–Kier alpha value is -1.49. The molecule has 1 aromatic heterocycles. The second-order valence-electron chi connectivity index (χ2n) is 4.34. The van der Waals surface area contributed by atoms with Crippen molar-refractivity contribution in [2.45, 2.75) is 26.5 Å². The van der Waals surface area contributed by atoms with Crippen molar-refractivity contribution in [3.8, 4) is 5.75 Å². The van der Waals surface area contributed by atoms with Gasteiger partial charge in [-0.1, -0.05) is 22.0 Å². The number of hydrogen-bond acceptors (Lipinski definition) is 3. The molecule has 2 aromatic rings. The maximum atomic E-state index is 5.82. The van der Waals surface area contributed by atoms with E-state index in [1.807, 2.05) is 35.0 Å². The van der Waals surface area contributed by atoms with Crippen LogP contribution in [0.15, 0.2) is 34.9 Å². The van der Waals surface area contributed by atoms with Gasteiger partial charge in [0.25, 0.3) is 0 Å². The average molecular weight is 310 g/mol. The van der Waals surface area contributed by atoms with Gasteiger partial charge in [0, 0.05) is 16.7 Å². The highest BCUT2D eigenvalue weighted by Crippen LogP contribution is 2.19. The second kappa shape index (κ2) is 5.44. The summed E-state index contributed by atoms with van der Waals surface area (Å²) in [5.41, 5.74) is 6.66. The number of rotatable bonds is 4. The number of halogens is 1. The first kappa shape index (κ1) is 13.0. The van der Waals surface area contributed by atoms with Crippen LogP contribution in [0.25, 0.3) is 0 Å². The summed E-state index contributed by atoms with van der Waals surface area (Å²) in [4.78, 5) is 4.27. The molecule has 5 heteroatoms. The molecule has 0 amide bonds. The maximum Gasteiger partial charge on any atom is 0.200 e. The van der Waals surface area contributed by atoms with E-state index in [2.05, 4.69) is 34.8 Å². The van der Waals surface area contributed by atoms with E-state index in [1.165, 1.54) is 0 Å². The first-order valence-electron chi connectivity index (χ1n) is 5.78. The summed E-state index contributed by atoms with van der Waals surface area (Å²) in [6.07, 6.45) is 1.93. The Labute approximate surface area is 115 Å². The third-order valence-electron chi connectivity index (χ3n) is 2.55. The maximum absolute atomic E-state index is 5.82. The number of nitrogen functional groups attached to an aromatic ring is 1. The van der Waals surface area contributed by atoms with Gasteiger partial charge < -0.3 is 15.0 Å². The van der Waals surface area contributed by atoms with Gasteiger partial charge in [-0.3, -0.25) is 0 Å². The number of ether oxygens (including phenoxy) is 1. The zero-order chi connectivity index (χ0) is 13.1. The molecule has 0 aliphatic carbocycles. The van der Waals surface area contributed by atoms with E-state index in [0.29, 0.717) is 18.6 Å². The molecule has 1 aromatic carbocycles. The fraction of sp³-hybridized carbons (Fsp3) is 0.308. The molecule has 0 aliphatic rings. The Morgan fingerprint density at radius 1 is 1.44 bits per heavy atom. The van der Waals surface area contributed by atoms with Gasteiger partial charge in [-0.15, -0.1) is 0 Å². The van der Waals surface area contributed by atoms with Crippen LogP contribution in [0.1, 0.15) is 25.6 Å². The third-order valence-corrected chi connectivity index (χ3v) is 3.04. The fourth-order valence-corrected chi connectivity index (χ4v) is 2.04. The molecule has 0 unspecified atom stereocenters. The van der Waals surface area contributed by atoms with Gasteiger partial charge in [-0.05, 0) is 32.0 Å². The van der Waals surface area contributed by atoms with Crippen molar-refractivity contribution in [1.82, 2.24) is 9.55 Å². The molecule has 0 atom stereocenters. The van der Waals surface area contributed by atoms with E-state index < -0.39 is 0 Å².